The summed E-state index contributed by atoms with van der Waals surface area (Å²) in [5.74, 6) is 2.22. The molecule has 26 heavy (non-hydrogen) atoms. The van der Waals surface area contributed by atoms with Crippen LogP contribution in [-0.2, 0) is 0 Å². The van der Waals surface area contributed by atoms with Crippen LogP contribution in [0.4, 0.5) is 0 Å². The summed E-state index contributed by atoms with van der Waals surface area (Å²) in [7, 11) is 0. The second kappa shape index (κ2) is 9.18. The molecule has 0 unspecified atom stereocenters. The zero-order chi connectivity index (χ0) is 19.6. The van der Waals surface area contributed by atoms with Crippen molar-refractivity contribution in [2.75, 3.05) is 0 Å². The Balaban J connectivity index is 2.72. The number of thiol groups is 1. The van der Waals surface area contributed by atoms with Crippen LogP contribution in [0.3, 0.4) is 0 Å². The predicted octanol–water partition coefficient (Wildman–Crippen LogP) is 6.12. The standard InChI is InChI=1S/C24H34STe/c1-14(2)19-10-9-11-20(15(3)4)23(19)26-24-21(16(5)6)12-18(25)13-22(24)17(7)8/h9-17,25H,1-8H3. The Bertz CT molecular complexity index is 702. The van der Waals surface area contributed by atoms with Gasteiger partial charge in [0, 0.05) is 0 Å². The molecule has 0 aromatic heterocycles. The van der Waals surface area contributed by atoms with Gasteiger partial charge in [-0.15, -0.1) is 0 Å². The molecule has 0 nitrogen and oxygen atoms in total. The van der Waals surface area contributed by atoms with Gasteiger partial charge in [-0.2, -0.15) is 0 Å². The molecule has 0 aliphatic carbocycles. The summed E-state index contributed by atoms with van der Waals surface area (Å²) in [6, 6.07) is 11.6. The monoisotopic (exact) mass is 484 g/mol. The summed E-state index contributed by atoms with van der Waals surface area (Å²) < 4.78 is 3.31. The fourth-order valence-corrected chi connectivity index (χ4v) is 8.96. The van der Waals surface area contributed by atoms with E-state index < -0.39 is 20.9 Å². The summed E-state index contributed by atoms with van der Waals surface area (Å²) in [5.41, 5.74) is 6.13. The number of rotatable bonds is 6. The van der Waals surface area contributed by atoms with Crippen LogP contribution in [0.25, 0.3) is 0 Å². The van der Waals surface area contributed by atoms with Gasteiger partial charge in [0.15, 0.2) is 0 Å². The molecular formula is C24H34STe. The Hall–Kier alpha value is -0.420. The minimum absolute atomic E-state index is 0.469. The van der Waals surface area contributed by atoms with Crippen molar-refractivity contribution in [2.24, 2.45) is 0 Å². The van der Waals surface area contributed by atoms with Crippen LogP contribution in [0.15, 0.2) is 35.2 Å². The van der Waals surface area contributed by atoms with Crippen LogP contribution in [-0.4, -0.2) is 20.9 Å². The molecule has 0 bridgehead atoms. The van der Waals surface area contributed by atoms with Gasteiger partial charge >= 0.3 is 177 Å². The van der Waals surface area contributed by atoms with Crippen LogP contribution in [0.5, 0.6) is 0 Å². The van der Waals surface area contributed by atoms with Gasteiger partial charge in [0.25, 0.3) is 0 Å². The van der Waals surface area contributed by atoms with Crippen molar-refractivity contribution < 1.29 is 0 Å². The van der Waals surface area contributed by atoms with Crippen molar-refractivity contribution in [1.29, 1.82) is 0 Å². The van der Waals surface area contributed by atoms with Crippen molar-refractivity contribution in [2.45, 2.75) is 84.0 Å². The molecule has 0 amide bonds. The van der Waals surface area contributed by atoms with E-state index in [4.69, 9.17) is 12.6 Å². The van der Waals surface area contributed by atoms with E-state index in [0.717, 1.165) is 4.90 Å². The summed E-state index contributed by atoms with van der Waals surface area (Å²) in [6.45, 7) is 18.6. The zero-order valence-electron chi connectivity index (χ0n) is 17.6. The molecule has 0 radical (unpaired) electrons. The van der Waals surface area contributed by atoms with Crippen LogP contribution in [0.2, 0.25) is 0 Å². The third kappa shape index (κ3) is 4.89. The van der Waals surface area contributed by atoms with E-state index in [9.17, 15) is 0 Å². The Kier molecular flexibility index (Phi) is 7.73. The predicted molar refractivity (Wildman–Crippen MR) is 122 cm³/mol. The molecule has 2 aromatic carbocycles. The molecule has 0 saturated heterocycles. The van der Waals surface area contributed by atoms with Crippen LogP contribution in [0.1, 0.15) is 101 Å². The zero-order valence-corrected chi connectivity index (χ0v) is 20.8. The van der Waals surface area contributed by atoms with E-state index in [1.807, 2.05) is 0 Å². The van der Waals surface area contributed by atoms with Crippen molar-refractivity contribution in [1.82, 2.24) is 0 Å². The maximum atomic E-state index is 4.71. The average Bonchev–Trinajstić information content (AvgIpc) is 2.55. The third-order valence-corrected chi connectivity index (χ3v) is 9.01. The summed E-state index contributed by atoms with van der Waals surface area (Å²) >= 11 is 4.24. The fourth-order valence-electron chi connectivity index (χ4n) is 3.34. The molecule has 0 heterocycles. The molecule has 2 aromatic rings. The van der Waals surface area contributed by atoms with Gasteiger partial charge < -0.3 is 0 Å². The topological polar surface area (TPSA) is 0 Å². The first kappa shape index (κ1) is 21.9. The fraction of sp³-hybridized carbons (Fsp3) is 0.500. The van der Waals surface area contributed by atoms with Crippen LogP contribution >= 0.6 is 12.6 Å². The van der Waals surface area contributed by atoms with Crippen molar-refractivity contribution >= 4 is 40.8 Å². The first-order chi connectivity index (χ1) is 12.1. The SMILES string of the molecule is CC(C)c1cccc(C(C)C)c1[Te]c1c(C(C)C)cc(S)cc1C(C)C. The van der Waals surface area contributed by atoms with Crippen LogP contribution in [0, 0.1) is 0 Å². The third-order valence-electron chi connectivity index (χ3n) is 4.90. The molecule has 0 aliphatic rings. The average molecular weight is 482 g/mol. The minimum atomic E-state index is -0.469. The van der Waals surface area contributed by atoms with E-state index in [-0.39, 0.29) is 0 Å². The molecule has 0 atom stereocenters. The first-order valence-electron chi connectivity index (χ1n) is 9.80. The van der Waals surface area contributed by atoms with Gasteiger partial charge in [-0.05, 0) is 0 Å². The number of hydrogen-bond donors (Lipinski definition) is 1. The second-order valence-electron chi connectivity index (χ2n) is 8.44. The molecule has 0 aliphatic heterocycles. The van der Waals surface area contributed by atoms with Gasteiger partial charge in [0.1, 0.15) is 0 Å². The first-order valence-corrected chi connectivity index (χ1v) is 12.6. The van der Waals surface area contributed by atoms with E-state index in [1.54, 1.807) is 18.3 Å². The quantitative estimate of drug-likeness (QED) is 0.372. The van der Waals surface area contributed by atoms with Crippen LogP contribution < -0.4 is 7.22 Å². The van der Waals surface area contributed by atoms with E-state index in [0.29, 0.717) is 23.7 Å². The van der Waals surface area contributed by atoms with Crippen molar-refractivity contribution in [3.63, 3.8) is 0 Å². The van der Waals surface area contributed by atoms with Gasteiger partial charge in [-0.3, -0.25) is 0 Å². The summed E-state index contributed by atoms with van der Waals surface area (Å²) in [5, 5.41) is 0. The van der Waals surface area contributed by atoms with Crippen molar-refractivity contribution in [3.05, 3.63) is 52.6 Å². The summed E-state index contributed by atoms with van der Waals surface area (Å²) in [6.07, 6.45) is 0. The molecule has 0 saturated carbocycles. The Morgan fingerprint density at radius 2 is 0.962 bits per heavy atom. The van der Waals surface area contributed by atoms with E-state index in [2.05, 4.69) is 85.7 Å². The number of hydrogen-bond acceptors (Lipinski definition) is 1. The molecule has 0 spiro atoms. The number of benzene rings is 2. The van der Waals surface area contributed by atoms with Crippen molar-refractivity contribution in [3.8, 4) is 0 Å². The van der Waals surface area contributed by atoms with Gasteiger partial charge in [0.2, 0.25) is 0 Å². The Morgan fingerprint density at radius 3 is 1.31 bits per heavy atom. The van der Waals surface area contributed by atoms with Gasteiger partial charge in [0.05, 0.1) is 0 Å². The molecule has 142 valence electrons. The van der Waals surface area contributed by atoms with E-state index >= 15 is 0 Å². The summed E-state index contributed by atoms with van der Waals surface area (Å²) in [4.78, 5) is 1.11. The molecule has 0 fully saturated rings. The van der Waals surface area contributed by atoms with Gasteiger partial charge in [-0.1, -0.05) is 0 Å². The van der Waals surface area contributed by atoms with Gasteiger partial charge in [-0.25, -0.2) is 0 Å². The maximum absolute atomic E-state index is 4.71. The molecule has 2 heteroatoms. The Morgan fingerprint density at radius 1 is 0.615 bits per heavy atom. The second-order valence-corrected chi connectivity index (χ2v) is 11.9. The Labute approximate surface area is 176 Å². The normalized spacial score (nSPS) is 12.0. The van der Waals surface area contributed by atoms with E-state index in [1.165, 1.54) is 11.1 Å². The molecular weight excluding hydrogens is 448 g/mol. The molecule has 0 N–H and O–H groups in total. The molecule has 2 rings (SSSR count).